The van der Waals surface area contributed by atoms with E-state index >= 15 is 0 Å². The molecular formula is C14H19Cl2N5. The van der Waals surface area contributed by atoms with Crippen LogP contribution in [0.4, 0.5) is 5.69 Å². The highest BCUT2D eigenvalue weighted by molar-refractivity contribution is 6.36. The van der Waals surface area contributed by atoms with Gasteiger partial charge in [-0.15, -0.1) is 0 Å². The Morgan fingerprint density at radius 2 is 2.14 bits per heavy atom. The molecule has 0 aliphatic carbocycles. The SMILES string of the molecule is CN(C)CCC1(N)C=CNC(Nc2ccc(Cl)cc2Cl)=N1. The third-order valence-electron chi connectivity index (χ3n) is 3.06. The molecule has 0 aromatic heterocycles. The van der Waals surface area contributed by atoms with Crippen LogP contribution in [0.3, 0.4) is 0 Å². The summed E-state index contributed by atoms with van der Waals surface area (Å²) in [6.45, 7) is 0.847. The van der Waals surface area contributed by atoms with Gasteiger partial charge < -0.3 is 21.3 Å². The van der Waals surface area contributed by atoms with Crippen LogP contribution in [-0.4, -0.2) is 37.2 Å². The van der Waals surface area contributed by atoms with Crippen molar-refractivity contribution in [3.05, 3.63) is 40.5 Å². The van der Waals surface area contributed by atoms with Gasteiger partial charge in [-0.1, -0.05) is 23.2 Å². The second-order valence-electron chi connectivity index (χ2n) is 5.23. The first-order valence-corrected chi connectivity index (χ1v) is 7.33. The fourth-order valence-electron chi connectivity index (χ4n) is 1.87. The van der Waals surface area contributed by atoms with Gasteiger partial charge in [0.2, 0.25) is 5.96 Å². The van der Waals surface area contributed by atoms with Gasteiger partial charge in [0.15, 0.2) is 0 Å². The Labute approximate surface area is 134 Å². The van der Waals surface area contributed by atoms with Gasteiger partial charge in [0, 0.05) is 24.2 Å². The topological polar surface area (TPSA) is 65.7 Å². The molecule has 0 saturated heterocycles. The van der Waals surface area contributed by atoms with Crippen molar-refractivity contribution in [2.45, 2.75) is 12.1 Å². The van der Waals surface area contributed by atoms with E-state index in [-0.39, 0.29) is 0 Å². The van der Waals surface area contributed by atoms with E-state index in [4.69, 9.17) is 28.9 Å². The average Bonchev–Trinajstić information content (AvgIpc) is 2.40. The number of halogens is 2. The molecule has 4 N–H and O–H groups in total. The van der Waals surface area contributed by atoms with Gasteiger partial charge in [0.25, 0.3) is 0 Å². The minimum absolute atomic E-state index is 0.525. The zero-order valence-corrected chi connectivity index (χ0v) is 13.5. The smallest absolute Gasteiger partial charge is 0.202 e. The molecule has 1 aliphatic rings. The van der Waals surface area contributed by atoms with Gasteiger partial charge in [-0.25, -0.2) is 4.99 Å². The second-order valence-corrected chi connectivity index (χ2v) is 6.08. The number of nitrogens with two attached hydrogens (primary N) is 1. The highest BCUT2D eigenvalue weighted by Gasteiger charge is 2.24. The number of hydrogen-bond donors (Lipinski definition) is 3. The van der Waals surface area contributed by atoms with Crippen LogP contribution in [0.2, 0.25) is 10.0 Å². The van der Waals surface area contributed by atoms with Crippen molar-refractivity contribution in [2.24, 2.45) is 10.7 Å². The third-order valence-corrected chi connectivity index (χ3v) is 3.60. The minimum atomic E-state index is -0.725. The molecule has 0 saturated carbocycles. The minimum Gasteiger partial charge on any atom is -0.333 e. The molecule has 1 aromatic carbocycles. The zero-order valence-electron chi connectivity index (χ0n) is 12.0. The number of anilines is 1. The number of benzene rings is 1. The molecule has 2 rings (SSSR count). The van der Waals surface area contributed by atoms with Crippen LogP contribution in [0.15, 0.2) is 35.5 Å². The molecule has 0 radical (unpaired) electrons. The maximum Gasteiger partial charge on any atom is 0.202 e. The van der Waals surface area contributed by atoms with Gasteiger partial charge in [0.05, 0.1) is 10.7 Å². The van der Waals surface area contributed by atoms with Gasteiger partial charge >= 0.3 is 0 Å². The van der Waals surface area contributed by atoms with E-state index in [1.165, 1.54) is 0 Å². The van der Waals surface area contributed by atoms with Crippen LogP contribution in [0.25, 0.3) is 0 Å². The summed E-state index contributed by atoms with van der Waals surface area (Å²) < 4.78 is 0. The number of guanidine groups is 1. The molecule has 0 amide bonds. The van der Waals surface area contributed by atoms with E-state index in [0.29, 0.717) is 16.0 Å². The summed E-state index contributed by atoms with van der Waals surface area (Å²) in [6.07, 6.45) is 4.36. The van der Waals surface area contributed by atoms with Crippen molar-refractivity contribution >= 4 is 34.8 Å². The molecule has 1 aliphatic heterocycles. The van der Waals surface area contributed by atoms with Gasteiger partial charge in [0.1, 0.15) is 5.66 Å². The summed E-state index contributed by atoms with van der Waals surface area (Å²) >= 11 is 12.0. The summed E-state index contributed by atoms with van der Waals surface area (Å²) in [5, 5.41) is 7.26. The summed E-state index contributed by atoms with van der Waals surface area (Å²) in [4.78, 5) is 6.58. The zero-order chi connectivity index (χ0) is 15.5. The fraction of sp³-hybridized carbons (Fsp3) is 0.357. The van der Waals surface area contributed by atoms with Crippen molar-refractivity contribution in [1.82, 2.24) is 10.2 Å². The molecule has 1 unspecified atom stereocenters. The van der Waals surface area contributed by atoms with Crippen molar-refractivity contribution in [1.29, 1.82) is 0 Å². The Morgan fingerprint density at radius 3 is 2.81 bits per heavy atom. The van der Waals surface area contributed by atoms with Gasteiger partial charge in [-0.3, -0.25) is 0 Å². The van der Waals surface area contributed by atoms with Crippen molar-refractivity contribution in [2.75, 3.05) is 26.0 Å². The standard InChI is InChI=1S/C14H19Cl2N5/c1-21(2)8-6-14(17)5-7-18-13(20-14)19-12-4-3-10(15)9-11(12)16/h3-5,7,9H,6,8,17H2,1-2H3,(H2,18,19,20). The Hall–Kier alpha value is -1.27. The Morgan fingerprint density at radius 1 is 1.38 bits per heavy atom. The number of nitrogens with one attached hydrogen (secondary N) is 2. The Kier molecular flexibility index (Phi) is 5.11. The third kappa shape index (κ3) is 4.61. The van der Waals surface area contributed by atoms with Crippen LogP contribution in [0.1, 0.15) is 6.42 Å². The lowest BCUT2D eigenvalue weighted by Crippen LogP contribution is -2.45. The monoisotopic (exact) mass is 327 g/mol. The maximum absolute atomic E-state index is 6.28. The highest BCUT2D eigenvalue weighted by atomic mass is 35.5. The first-order valence-electron chi connectivity index (χ1n) is 6.58. The highest BCUT2D eigenvalue weighted by Crippen LogP contribution is 2.25. The quantitative estimate of drug-likeness (QED) is 0.794. The number of hydrogen-bond acceptors (Lipinski definition) is 5. The van der Waals surface area contributed by atoms with Crippen molar-refractivity contribution in [3.8, 4) is 0 Å². The molecule has 1 aromatic rings. The van der Waals surface area contributed by atoms with Crippen molar-refractivity contribution in [3.63, 3.8) is 0 Å². The molecular weight excluding hydrogens is 309 g/mol. The largest absolute Gasteiger partial charge is 0.333 e. The van der Waals surface area contributed by atoms with E-state index in [1.807, 2.05) is 20.2 Å². The van der Waals surface area contributed by atoms with E-state index in [0.717, 1.165) is 18.7 Å². The molecule has 7 heteroatoms. The molecule has 5 nitrogen and oxygen atoms in total. The van der Waals surface area contributed by atoms with E-state index in [1.54, 1.807) is 24.4 Å². The lowest BCUT2D eigenvalue weighted by Gasteiger charge is -2.28. The summed E-state index contributed by atoms with van der Waals surface area (Å²) in [7, 11) is 4.01. The summed E-state index contributed by atoms with van der Waals surface area (Å²) in [5.41, 5.74) is 6.27. The van der Waals surface area contributed by atoms with E-state index in [2.05, 4.69) is 20.5 Å². The van der Waals surface area contributed by atoms with Crippen LogP contribution in [-0.2, 0) is 0 Å². The molecule has 0 fully saturated rings. The van der Waals surface area contributed by atoms with Crippen LogP contribution in [0.5, 0.6) is 0 Å². The molecule has 1 heterocycles. The molecule has 21 heavy (non-hydrogen) atoms. The van der Waals surface area contributed by atoms with Crippen molar-refractivity contribution < 1.29 is 0 Å². The predicted molar refractivity (Wildman–Crippen MR) is 89.9 cm³/mol. The molecule has 0 bridgehead atoms. The summed E-state index contributed by atoms with van der Waals surface area (Å²) in [6, 6.07) is 5.23. The normalized spacial score (nSPS) is 21.1. The first-order chi connectivity index (χ1) is 9.88. The summed E-state index contributed by atoms with van der Waals surface area (Å²) in [5.74, 6) is 0.558. The molecule has 1 atom stereocenters. The lowest BCUT2D eigenvalue weighted by molar-refractivity contribution is 0.352. The average molecular weight is 328 g/mol. The predicted octanol–water partition coefficient (Wildman–Crippen LogP) is 2.48. The molecule has 114 valence electrons. The Bertz CT molecular complexity index is 570. The lowest BCUT2D eigenvalue weighted by atomic mass is 10.1. The molecule has 0 spiro atoms. The van der Waals surface area contributed by atoms with Gasteiger partial charge in [-0.2, -0.15) is 0 Å². The van der Waals surface area contributed by atoms with Crippen LogP contribution < -0.4 is 16.4 Å². The van der Waals surface area contributed by atoms with Crippen LogP contribution in [0, 0.1) is 0 Å². The number of nitrogens with zero attached hydrogens (tertiary/aromatic N) is 2. The van der Waals surface area contributed by atoms with Gasteiger partial charge in [-0.05, 0) is 38.4 Å². The fourth-order valence-corrected chi connectivity index (χ4v) is 2.32. The van der Waals surface area contributed by atoms with E-state index < -0.39 is 5.66 Å². The Balaban J connectivity index is 2.11. The van der Waals surface area contributed by atoms with E-state index in [9.17, 15) is 0 Å². The number of rotatable bonds is 4. The van der Waals surface area contributed by atoms with Crippen LogP contribution >= 0.6 is 23.2 Å². The maximum atomic E-state index is 6.28. The number of aliphatic imine (C=N–C) groups is 1. The second kappa shape index (κ2) is 6.66. The first kappa shape index (κ1) is 16.1.